The lowest BCUT2D eigenvalue weighted by Gasteiger charge is -2.16. The molecule has 88 valence electrons. The Hall–Kier alpha value is -1.43. The smallest absolute Gasteiger partial charge is 0.291 e. The van der Waals surface area contributed by atoms with E-state index in [-0.39, 0.29) is 18.3 Å². The van der Waals surface area contributed by atoms with Crippen LogP contribution in [0.3, 0.4) is 0 Å². The fraction of sp³-hybridized carbons (Fsp3) is 0.700. The van der Waals surface area contributed by atoms with Gasteiger partial charge in [0.25, 0.3) is 5.91 Å². The minimum atomic E-state index is -0.925. The summed E-state index contributed by atoms with van der Waals surface area (Å²) >= 11 is 0. The molecule has 1 amide bonds. The van der Waals surface area contributed by atoms with Gasteiger partial charge >= 0.3 is 0 Å². The standard InChI is InChI=1S/C10H16N4O2/c1-10(2,16)5-11-9(15)8-12-7(13-14-8)6-3-4-6/h6,16H,3-5H2,1-2H3,(H,11,15)(H,12,13,14). The maximum absolute atomic E-state index is 11.6. The molecule has 0 bridgehead atoms. The van der Waals surface area contributed by atoms with E-state index in [0.717, 1.165) is 18.7 Å². The van der Waals surface area contributed by atoms with Crippen LogP contribution in [0.5, 0.6) is 0 Å². The third-order valence-electron chi connectivity index (χ3n) is 2.35. The number of hydrogen-bond acceptors (Lipinski definition) is 4. The Morgan fingerprint density at radius 1 is 1.62 bits per heavy atom. The molecule has 1 aliphatic rings. The molecular weight excluding hydrogens is 208 g/mol. The summed E-state index contributed by atoms with van der Waals surface area (Å²) in [6.45, 7) is 3.43. The summed E-state index contributed by atoms with van der Waals surface area (Å²) in [7, 11) is 0. The fourth-order valence-electron chi connectivity index (χ4n) is 1.29. The molecule has 16 heavy (non-hydrogen) atoms. The number of hydrogen-bond donors (Lipinski definition) is 3. The Morgan fingerprint density at radius 3 is 2.88 bits per heavy atom. The first-order chi connectivity index (χ1) is 7.46. The molecule has 0 spiro atoms. The summed E-state index contributed by atoms with van der Waals surface area (Å²) in [4.78, 5) is 15.7. The highest BCUT2D eigenvalue weighted by atomic mass is 16.3. The second-order valence-electron chi connectivity index (χ2n) is 4.81. The molecule has 1 heterocycles. The summed E-state index contributed by atoms with van der Waals surface area (Å²) < 4.78 is 0. The maximum Gasteiger partial charge on any atom is 0.291 e. The second-order valence-corrected chi connectivity index (χ2v) is 4.81. The van der Waals surface area contributed by atoms with Gasteiger partial charge in [-0.05, 0) is 26.7 Å². The zero-order valence-corrected chi connectivity index (χ0v) is 9.45. The van der Waals surface area contributed by atoms with Gasteiger partial charge in [0.1, 0.15) is 5.82 Å². The normalized spacial score (nSPS) is 16.2. The Kier molecular flexibility index (Phi) is 2.67. The van der Waals surface area contributed by atoms with Crippen LogP contribution in [0.2, 0.25) is 0 Å². The van der Waals surface area contributed by atoms with E-state index in [1.165, 1.54) is 0 Å². The number of nitrogens with zero attached hydrogens (tertiary/aromatic N) is 2. The quantitative estimate of drug-likeness (QED) is 0.680. The van der Waals surface area contributed by atoms with Crippen molar-refractivity contribution in [2.24, 2.45) is 0 Å². The lowest BCUT2D eigenvalue weighted by atomic mass is 10.1. The summed E-state index contributed by atoms with van der Waals surface area (Å²) in [6.07, 6.45) is 2.22. The number of amides is 1. The van der Waals surface area contributed by atoms with E-state index in [9.17, 15) is 9.90 Å². The molecule has 0 atom stereocenters. The zero-order valence-electron chi connectivity index (χ0n) is 9.45. The Labute approximate surface area is 93.5 Å². The van der Waals surface area contributed by atoms with Crippen LogP contribution in [0, 0.1) is 0 Å². The fourth-order valence-corrected chi connectivity index (χ4v) is 1.29. The van der Waals surface area contributed by atoms with Gasteiger partial charge in [-0.2, -0.15) is 0 Å². The van der Waals surface area contributed by atoms with Crippen molar-refractivity contribution in [2.75, 3.05) is 6.54 Å². The van der Waals surface area contributed by atoms with Gasteiger partial charge in [-0.25, -0.2) is 4.98 Å². The monoisotopic (exact) mass is 224 g/mol. The van der Waals surface area contributed by atoms with E-state index in [1.54, 1.807) is 13.8 Å². The third-order valence-corrected chi connectivity index (χ3v) is 2.35. The minimum Gasteiger partial charge on any atom is -0.389 e. The predicted octanol–water partition coefficient (Wildman–Crippen LogP) is 0.183. The van der Waals surface area contributed by atoms with E-state index in [4.69, 9.17) is 0 Å². The first-order valence-electron chi connectivity index (χ1n) is 5.38. The van der Waals surface area contributed by atoms with Crippen LogP contribution >= 0.6 is 0 Å². The average Bonchev–Trinajstić information content (AvgIpc) is 2.92. The number of carbonyl (C=O) groups excluding carboxylic acids is 1. The molecule has 0 aliphatic heterocycles. The van der Waals surface area contributed by atoms with Crippen molar-refractivity contribution in [1.29, 1.82) is 0 Å². The van der Waals surface area contributed by atoms with Gasteiger partial charge in [0.05, 0.1) is 5.60 Å². The molecule has 0 aromatic carbocycles. The molecule has 6 nitrogen and oxygen atoms in total. The van der Waals surface area contributed by atoms with Gasteiger partial charge in [0.2, 0.25) is 5.82 Å². The molecule has 2 rings (SSSR count). The number of rotatable bonds is 4. The van der Waals surface area contributed by atoms with Crippen molar-refractivity contribution >= 4 is 5.91 Å². The molecule has 1 aromatic heterocycles. The third kappa shape index (κ3) is 2.79. The van der Waals surface area contributed by atoms with Crippen LogP contribution < -0.4 is 5.32 Å². The first kappa shape index (κ1) is 11.1. The number of aromatic amines is 1. The highest BCUT2D eigenvalue weighted by Gasteiger charge is 2.28. The highest BCUT2D eigenvalue weighted by Crippen LogP contribution is 2.37. The van der Waals surface area contributed by atoms with Crippen LogP contribution in [-0.4, -0.2) is 38.3 Å². The summed E-state index contributed by atoms with van der Waals surface area (Å²) in [5.41, 5.74) is -0.925. The molecule has 1 saturated carbocycles. The van der Waals surface area contributed by atoms with Crippen LogP contribution in [-0.2, 0) is 0 Å². The van der Waals surface area contributed by atoms with Crippen molar-refractivity contribution in [3.63, 3.8) is 0 Å². The van der Waals surface area contributed by atoms with Gasteiger partial charge in [-0.3, -0.25) is 9.89 Å². The van der Waals surface area contributed by atoms with Gasteiger partial charge in [-0.1, -0.05) is 0 Å². The average molecular weight is 224 g/mol. The van der Waals surface area contributed by atoms with Crippen molar-refractivity contribution in [2.45, 2.75) is 38.2 Å². The van der Waals surface area contributed by atoms with Crippen LogP contribution in [0.25, 0.3) is 0 Å². The van der Waals surface area contributed by atoms with Crippen molar-refractivity contribution in [3.8, 4) is 0 Å². The van der Waals surface area contributed by atoms with E-state index >= 15 is 0 Å². The Balaban J connectivity index is 1.92. The topological polar surface area (TPSA) is 90.9 Å². The summed E-state index contributed by atoms with van der Waals surface area (Å²) in [5, 5.41) is 18.6. The van der Waals surface area contributed by atoms with Gasteiger partial charge < -0.3 is 10.4 Å². The second kappa shape index (κ2) is 3.86. The van der Waals surface area contributed by atoms with Crippen LogP contribution in [0.4, 0.5) is 0 Å². The molecule has 0 radical (unpaired) electrons. The number of H-pyrrole nitrogens is 1. The molecule has 3 N–H and O–H groups in total. The van der Waals surface area contributed by atoms with Crippen molar-refractivity contribution < 1.29 is 9.90 Å². The molecule has 1 aliphatic carbocycles. The van der Waals surface area contributed by atoms with E-state index in [2.05, 4.69) is 20.5 Å². The highest BCUT2D eigenvalue weighted by molar-refractivity contribution is 5.90. The molecule has 1 aromatic rings. The van der Waals surface area contributed by atoms with E-state index in [0.29, 0.717) is 5.92 Å². The lowest BCUT2D eigenvalue weighted by Crippen LogP contribution is -2.38. The number of aromatic nitrogens is 3. The molecule has 0 saturated heterocycles. The Morgan fingerprint density at radius 2 is 2.31 bits per heavy atom. The lowest BCUT2D eigenvalue weighted by molar-refractivity contribution is 0.0689. The largest absolute Gasteiger partial charge is 0.389 e. The molecule has 1 fully saturated rings. The minimum absolute atomic E-state index is 0.145. The molecule has 6 heteroatoms. The summed E-state index contributed by atoms with van der Waals surface area (Å²) in [6, 6.07) is 0. The molecular formula is C10H16N4O2. The van der Waals surface area contributed by atoms with E-state index < -0.39 is 5.60 Å². The first-order valence-corrected chi connectivity index (χ1v) is 5.38. The SMILES string of the molecule is CC(C)(O)CNC(=O)c1n[nH]c(C2CC2)n1. The van der Waals surface area contributed by atoms with Crippen molar-refractivity contribution in [3.05, 3.63) is 11.6 Å². The predicted molar refractivity (Wildman–Crippen MR) is 57.0 cm³/mol. The maximum atomic E-state index is 11.6. The number of carbonyl (C=O) groups is 1. The van der Waals surface area contributed by atoms with Gasteiger partial charge in [0, 0.05) is 12.5 Å². The van der Waals surface area contributed by atoms with Crippen molar-refractivity contribution in [1.82, 2.24) is 20.5 Å². The number of nitrogens with one attached hydrogen (secondary N) is 2. The van der Waals surface area contributed by atoms with Crippen LogP contribution in [0.15, 0.2) is 0 Å². The number of aliphatic hydroxyl groups is 1. The molecule has 0 unspecified atom stereocenters. The van der Waals surface area contributed by atoms with Crippen LogP contribution in [0.1, 0.15) is 49.1 Å². The van der Waals surface area contributed by atoms with E-state index in [1.807, 2.05) is 0 Å². The summed E-state index contributed by atoms with van der Waals surface area (Å²) in [5.74, 6) is 1.02. The van der Waals surface area contributed by atoms with Gasteiger partial charge in [0.15, 0.2) is 0 Å². The zero-order chi connectivity index (χ0) is 11.8. The Bertz CT molecular complexity index is 390. The van der Waals surface area contributed by atoms with Gasteiger partial charge in [-0.15, -0.1) is 5.10 Å².